The summed E-state index contributed by atoms with van der Waals surface area (Å²) < 4.78 is 16.1. The molecule has 26 heavy (non-hydrogen) atoms. The van der Waals surface area contributed by atoms with Crippen molar-refractivity contribution in [3.63, 3.8) is 0 Å². The van der Waals surface area contributed by atoms with Gasteiger partial charge in [-0.15, -0.1) is 11.3 Å². The molecule has 3 heterocycles. The Kier molecular flexibility index (Phi) is 6.18. The molecule has 1 amide bonds. The molecule has 1 saturated heterocycles. The van der Waals surface area contributed by atoms with E-state index >= 15 is 0 Å². The second kappa shape index (κ2) is 8.39. The van der Waals surface area contributed by atoms with Crippen LogP contribution < -0.4 is 15.8 Å². The molecular formula is C17H22ClN3O4S. The first-order valence-corrected chi connectivity index (χ1v) is 9.57. The number of hydrogen-bond donors (Lipinski definition) is 2. The van der Waals surface area contributed by atoms with Crippen LogP contribution in [0.15, 0.2) is 0 Å². The average molecular weight is 400 g/mol. The first kappa shape index (κ1) is 19.2. The highest BCUT2D eigenvalue weighted by Crippen LogP contribution is 2.40. The van der Waals surface area contributed by atoms with Gasteiger partial charge in [-0.05, 0) is 32.3 Å². The van der Waals surface area contributed by atoms with Crippen LogP contribution in [0.1, 0.15) is 23.3 Å². The summed E-state index contributed by atoms with van der Waals surface area (Å²) in [6.07, 6.45) is 3.05. The predicted molar refractivity (Wildman–Crippen MR) is 102 cm³/mol. The van der Waals surface area contributed by atoms with E-state index in [0.29, 0.717) is 37.0 Å². The highest BCUT2D eigenvalue weighted by Gasteiger charge is 2.21. The molecule has 1 aliphatic heterocycles. The van der Waals surface area contributed by atoms with Crippen molar-refractivity contribution in [3.8, 4) is 5.88 Å². The molecule has 1 unspecified atom stereocenters. The van der Waals surface area contributed by atoms with E-state index in [4.69, 9.17) is 31.5 Å². The van der Waals surface area contributed by atoms with Crippen molar-refractivity contribution in [2.75, 3.05) is 25.7 Å². The number of anilines is 1. The number of hydrogen-bond acceptors (Lipinski definition) is 7. The molecule has 2 aliphatic rings. The molecule has 2 fully saturated rings. The minimum absolute atomic E-state index is 0.0704. The molecule has 3 N–H and O–H groups in total. The Morgan fingerprint density at radius 3 is 2.81 bits per heavy atom. The van der Waals surface area contributed by atoms with Gasteiger partial charge in [-0.1, -0.05) is 11.6 Å². The Balaban J connectivity index is 0.000000278. The molecule has 1 atom stereocenters. The molecule has 0 aromatic carbocycles. The topological polar surface area (TPSA) is 95.7 Å². The maximum absolute atomic E-state index is 9.54. The number of amides is 1. The Morgan fingerprint density at radius 2 is 2.23 bits per heavy atom. The highest BCUT2D eigenvalue weighted by atomic mass is 35.5. The highest BCUT2D eigenvalue weighted by molar-refractivity contribution is 7.19. The number of pyridine rings is 1. The summed E-state index contributed by atoms with van der Waals surface area (Å²) in [6.45, 7) is 5.12. The third-order valence-corrected chi connectivity index (χ3v) is 5.65. The number of nitrogens with two attached hydrogens (primary N) is 1. The van der Waals surface area contributed by atoms with Crippen molar-refractivity contribution in [2.24, 2.45) is 0 Å². The quantitative estimate of drug-likeness (QED) is 0.750. The number of rotatable bonds is 5. The number of fused-ring (bicyclic) bond motifs is 1. The number of halogens is 1. The van der Waals surface area contributed by atoms with E-state index in [1.807, 2.05) is 13.8 Å². The first-order valence-electron chi connectivity index (χ1n) is 8.37. The summed E-state index contributed by atoms with van der Waals surface area (Å²) in [5.74, 6) is 0.424. The van der Waals surface area contributed by atoms with Crippen LogP contribution in [0.25, 0.3) is 10.2 Å². The van der Waals surface area contributed by atoms with E-state index in [2.05, 4.69) is 10.3 Å². The zero-order valence-corrected chi connectivity index (χ0v) is 16.3. The summed E-state index contributed by atoms with van der Waals surface area (Å²) in [7, 11) is 0. The third kappa shape index (κ3) is 4.37. The van der Waals surface area contributed by atoms with Crippen molar-refractivity contribution < 1.29 is 19.0 Å². The Labute approximate surface area is 160 Å². The van der Waals surface area contributed by atoms with Gasteiger partial charge in [0.25, 0.3) is 0 Å². The van der Waals surface area contributed by atoms with Crippen molar-refractivity contribution in [2.45, 2.75) is 38.8 Å². The number of nitrogens with one attached hydrogen (secondary N) is 1. The number of carbonyl (C=O) groups is 1. The van der Waals surface area contributed by atoms with E-state index in [9.17, 15) is 4.79 Å². The third-order valence-electron chi connectivity index (χ3n) is 4.19. The van der Waals surface area contributed by atoms with Crippen LogP contribution in [0.3, 0.4) is 0 Å². The van der Waals surface area contributed by atoms with E-state index in [1.54, 1.807) is 11.3 Å². The van der Waals surface area contributed by atoms with Gasteiger partial charge in [0, 0.05) is 16.3 Å². The van der Waals surface area contributed by atoms with Crippen molar-refractivity contribution in [1.29, 1.82) is 0 Å². The Bertz CT molecular complexity index is 788. The summed E-state index contributed by atoms with van der Waals surface area (Å²) in [5, 5.41) is 4.06. The summed E-state index contributed by atoms with van der Waals surface area (Å²) in [4.78, 5) is 15.9. The van der Waals surface area contributed by atoms with Gasteiger partial charge in [-0.3, -0.25) is 4.79 Å². The molecule has 9 heteroatoms. The second-order valence-electron chi connectivity index (χ2n) is 6.26. The zero-order chi connectivity index (χ0) is 18.7. The van der Waals surface area contributed by atoms with Crippen LogP contribution in [0.2, 0.25) is 5.02 Å². The normalized spacial score (nSPS) is 19.1. The lowest BCUT2D eigenvalue weighted by atomic mass is 10.2. The van der Waals surface area contributed by atoms with Gasteiger partial charge >= 0.3 is 0 Å². The van der Waals surface area contributed by atoms with Gasteiger partial charge in [0.2, 0.25) is 12.3 Å². The summed E-state index contributed by atoms with van der Waals surface area (Å²) in [6, 6.07) is 0.530. The first-order chi connectivity index (χ1) is 12.5. The molecule has 0 radical (unpaired) electrons. The zero-order valence-electron chi connectivity index (χ0n) is 14.7. The maximum Gasteiger partial charge on any atom is 0.234 e. The lowest BCUT2D eigenvalue weighted by Crippen LogP contribution is -2.20. The minimum atomic E-state index is -0.0704. The molecule has 0 bridgehead atoms. The number of nitrogen functional groups attached to an aromatic ring is 1. The average Bonchev–Trinajstić information content (AvgIpc) is 3.19. The van der Waals surface area contributed by atoms with Crippen molar-refractivity contribution in [1.82, 2.24) is 10.3 Å². The second-order valence-corrected chi connectivity index (χ2v) is 7.84. The van der Waals surface area contributed by atoms with Gasteiger partial charge in [-0.2, -0.15) is 0 Å². The molecule has 142 valence electrons. The fourth-order valence-electron chi connectivity index (χ4n) is 2.48. The molecule has 2 aromatic rings. The minimum Gasteiger partial charge on any atom is -0.474 e. The molecule has 1 aliphatic carbocycles. The fraction of sp³-hybridized carbons (Fsp3) is 0.529. The van der Waals surface area contributed by atoms with Gasteiger partial charge in [0.1, 0.15) is 29.4 Å². The lowest BCUT2D eigenvalue weighted by Gasteiger charge is -2.12. The number of nitrogens with zero attached hydrogens (tertiary/aromatic N) is 1. The van der Waals surface area contributed by atoms with E-state index in [1.165, 1.54) is 12.8 Å². The SMILES string of the molecule is Cc1sc2nc(OCC3COCO3)c(Cl)c(C)c2c1N.O=CNC1CC1. The van der Waals surface area contributed by atoms with Crippen molar-refractivity contribution >= 4 is 45.3 Å². The van der Waals surface area contributed by atoms with E-state index < -0.39 is 0 Å². The number of aromatic nitrogens is 1. The smallest absolute Gasteiger partial charge is 0.234 e. The van der Waals surface area contributed by atoms with Gasteiger partial charge < -0.3 is 25.3 Å². The van der Waals surface area contributed by atoms with Gasteiger partial charge in [0.15, 0.2) is 0 Å². The number of ether oxygens (including phenoxy) is 3. The predicted octanol–water partition coefficient (Wildman–Crippen LogP) is 2.80. The Morgan fingerprint density at radius 1 is 1.46 bits per heavy atom. The van der Waals surface area contributed by atoms with Crippen molar-refractivity contribution in [3.05, 3.63) is 15.5 Å². The van der Waals surface area contributed by atoms with Crippen LogP contribution in [0, 0.1) is 13.8 Å². The number of aryl methyl sites for hydroxylation is 2. The maximum atomic E-state index is 9.54. The van der Waals surface area contributed by atoms with E-state index in [-0.39, 0.29) is 6.10 Å². The van der Waals surface area contributed by atoms with Crippen LogP contribution in [-0.4, -0.2) is 43.5 Å². The van der Waals surface area contributed by atoms with E-state index in [0.717, 1.165) is 32.8 Å². The standard InChI is InChI=1S/C13H15ClN2O3S.C4H7NO/c1-6-9-11(15)7(2)20-13(9)16-12(10(6)14)18-4-8-3-17-5-19-8;6-3-5-4-1-2-4/h8H,3-5,15H2,1-2H3;3-4H,1-2H2,(H,5,6). The van der Waals surface area contributed by atoms with Gasteiger partial charge in [0.05, 0.1) is 12.3 Å². The Hall–Kier alpha value is -1.61. The van der Waals surface area contributed by atoms with Crippen LogP contribution in [-0.2, 0) is 14.3 Å². The fourth-order valence-corrected chi connectivity index (χ4v) is 3.66. The number of thiophene rings is 1. The number of carbonyl (C=O) groups excluding carboxylic acids is 1. The van der Waals surface area contributed by atoms with Crippen LogP contribution in [0.5, 0.6) is 5.88 Å². The molecular weight excluding hydrogens is 378 g/mol. The van der Waals surface area contributed by atoms with Crippen LogP contribution in [0.4, 0.5) is 5.69 Å². The molecule has 7 nitrogen and oxygen atoms in total. The molecule has 1 saturated carbocycles. The largest absolute Gasteiger partial charge is 0.474 e. The molecule has 2 aromatic heterocycles. The summed E-state index contributed by atoms with van der Waals surface area (Å²) >= 11 is 7.87. The summed E-state index contributed by atoms with van der Waals surface area (Å²) in [5.41, 5.74) is 7.71. The van der Waals surface area contributed by atoms with Gasteiger partial charge in [-0.25, -0.2) is 4.98 Å². The molecule has 4 rings (SSSR count). The molecule has 0 spiro atoms. The monoisotopic (exact) mass is 399 g/mol. The lowest BCUT2D eigenvalue weighted by molar-refractivity contribution is -0.109. The van der Waals surface area contributed by atoms with Crippen LogP contribution >= 0.6 is 22.9 Å².